The predicted molar refractivity (Wildman–Crippen MR) is 155 cm³/mol. The van der Waals surface area contributed by atoms with Gasteiger partial charge in [-0.15, -0.1) is 0 Å². The van der Waals surface area contributed by atoms with Crippen LogP contribution in [0.2, 0.25) is 0 Å². The fourth-order valence-electron chi connectivity index (χ4n) is 4.74. The molecule has 40 heavy (non-hydrogen) atoms. The molecule has 0 amide bonds. The first-order valence-corrected chi connectivity index (χ1v) is 15.4. The first kappa shape index (κ1) is 29.5. The highest BCUT2D eigenvalue weighted by Gasteiger charge is 2.22. The Morgan fingerprint density at radius 3 is 2.38 bits per heavy atom. The number of nitrogens with one attached hydrogen (secondary N) is 2. The van der Waals surface area contributed by atoms with Crippen molar-refractivity contribution in [2.24, 2.45) is 0 Å². The number of hydrogen-bond acceptors (Lipinski definition) is 8. The summed E-state index contributed by atoms with van der Waals surface area (Å²) < 4.78 is 28.4. The molecule has 3 N–H and O–H groups in total. The minimum absolute atomic E-state index is 0.00213. The van der Waals surface area contributed by atoms with Crippen molar-refractivity contribution in [3.05, 3.63) is 93.2 Å². The van der Waals surface area contributed by atoms with Crippen molar-refractivity contribution in [1.29, 1.82) is 0 Å². The molecule has 0 saturated carbocycles. The molecule has 1 aliphatic heterocycles. The average molecular weight is 565 g/mol. The summed E-state index contributed by atoms with van der Waals surface area (Å²) in [5.74, 6) is 5.67. The number of rotatable bonds is 11. The van der Waals surface area contributed by atoms with Gasteiger partial charge in [-0.2, -0.15) is 0 Å². The molecule has 4 rings (SSSR count). The summed E-state index contributed by atoms with van der Waals surface area (Å²) >= 11 is 0. The van der Waals surface area contributed by atoms with Crippen LogP contribution in [-0.2, 0) is 27.5 Å². The van der Waals surface area contributed by atoms with Gasteiger partial charge in [0.05, 0.1) is 23.9 Å². The van der Waals surface area contributed by atoms with Gasteiger partial charge in [0.25, 0.3) is 5.56 Å². The van der Waals surface area contributed by atoms with E-state index in [2.05, 4.69) is 44.2 Å². The molecule has 9 nitrogen and oxygen atoms in total. The van der Waals surface area contributed by atoms with Crippen LogP contribution in [0, 0.1) is 11.8 Å². The lowest BCUT2D eigenvalue weighted by Crippen LogP contribution is -2.29. The SMILES string of the molecule is COC1CCN(Cc2ccc(C#Cc3ccc(CC(CNCCS(C)(=O)=O)c4nc[nH]c(=O)c4O)cc3)cc2)C1. The second-order valence-corrected chi connectivity index (χ2v) is 12.5. The molecule has 212 valence electrons. The average Bonchev–Trinajstić information content (AvgIpc) is 3.39. The molecule has 1 aromatic heterocycles. The topological polar surface area (TPSA) is 125 Å². The van der Waals surface area contributed by atoms with Gasteiger partial charge in [-0.1, -0.05) is 36.1 Å². The molecule has 1 saturated heterocycles. The molecule has 10 heteroatoms. The Bertz CT molecular complexity index is 1490. The smallest absolute Gasteiger partial charge is 0.293 e. The van der Waals surface area contributed by atoms with E-state index in [1.165, 1.54) is 18.1 Å². The van der Waals surface area contributed by atoms with Gasteiger partial charge in [-0.05, 0) is 48.2 Å². The number of likely N-dealkylation sites (tertiary alicyclic amines) is 1. The van der Waals surface area contributed by atoms with E-state index >= 15 is 0 Å². The van der Waals surface area contributed by atoms with Gasteiger partial charge in [0.1, 0.15) is 9.84 Å². The maximum atomic E-state index is 11.9. The number of H-pyrrole nitrogens is 1. The molecular formula is C30H36N4O5S. The summed E-state index contributed by atoms with van der Waals surface area (Å²) in [4.78, 5) is 20.9. The van der Waals surface area contributed by atoms with Crippen LogP contribution in [0.15, 0.2) is 59.7 Å². The van der Waals surface area contributed by atoms with E-state index in [1.54, 1.807) is 7.11 Å². The Morgan fingerprint density at radius 2 is 1.77 bits per heavy atom. The molecule has 0 radical (unpaired) electrons. The number of nitrogens with zero attached hydrogens (tertiary/aromatic N) is 2. The second-order valence-electron chi connectivity index (χ2n) is 10.2. The summed E-state index contributed by atoms with van der Waals surface area (Å²) in [6.07, 6.45) is 4.34. The van der Waals surface area contributed by atoms with Gasteiger partial charge in [-0.3, -0.25) is 9.69 Å². The van der Waals surface area contributed by atoms with Crippen LogP contribution < -0.4 is 10.9 Å². The lowest BCUT2D eigenvalue weighted by Gasteiger charge is -2.18. The van der Waals surface area contributed by atoms with E-state index in [0.717, 1.165) is 42.7 Å². The number of aromatic nitrogens is 2. The predicted octanol–water partition coefficient (Wildman–Crippen LogP) is 2.06. The van der Waals surface area contributed by atoms with Crippen LogP contribution in [0.4, 0.5) is 0 Å². The van der Waals surface area contributed by atoms with E-state index in [9.17, 15) is 18.3 Å². The van der Waals surface area contributed by atoms with Crippen molar-refractivity contribution in [3.8, 4) is 17.6 Å². The van der Waals surface area contributed by atoms with E-state index in [0.29, 0.717) is 19.1 Å². The minimum Gasteiger partial charge on any atom is -0.502 e. The molecule has 1 aliphatic rings. The van der Waals surface area contributed by atoms with Crippen LogP contribution in [0.1, 0.15) is 40.3 Å². The Morgan fingerprint density at radius 1 is 1.12 bits per heavy atom. The van der Waals surface area contributed by atoms with Gasteiger partial charge >= 0.3 is 0 Å². The fourth-order valence-corrected chi connectivity index (χ4v) is 5.26. The highest BCUT2D eigenvalue weighted by atomic mass is 32.2. The van der Waals surface area contributed by atoms with Crippen molar-refractivity contribution in [2.45, 2.75) is 31.4 Å². The molecule has 1 fully saturated rings. The van der Waals surface area contributed by atoms with Crippen molar-refractivity contribution >= 4 is 9.84 Å². The largest absolute Gasteiger partial charge is 0.502 e. The number of aromatic amines is 1. The Labute approximate surface area is 235 Å². The lowest BCUT2D eigenvalue weighted by atomic mass is 9.94. The van der Waals surface area contributed by atoms with Gasteiger partial charge in [0.2, 0.25) is 5.75 Å². The molecule has 2 heterocycles. The third-order valence-electron chi connectivity index (χ3n) is 6.99. The standard InChI is InChI=1S/C30H36N4O5S/c1-39-27-13-15-34(20-27)19-25-11-7-23(8-12-25)4-3-22-5-9-24(10-6-22)17-26(18-31-14-16-40(2,37)38)28-29(35)30(36)33-21-32-28/h5-12,21,26-27,31,35H,13-20H2,1-2H3,(H,32,33,36). The maximum Gasteiger partial charge on any atom is 0.293 e. The second kappa shape index (κ2) is 13.7. The third-order valence-corrected chi connectivity index (χ3v) is 7.94. The summed E-state index contributed by atoms with van der Waals surface area (Å²) in [5.41, 5.74) is 3.71. The number of sulfone groups is 1. The van der Waals surface area contributed by atoms with Crippen LogP contribution in [0.5, 0.6) is 5.75 Å². The van der Waals surface area contributed by atoms with E-state index in [-0.39, 0.29) is 23.9 Å². The van der Waals surface area contributed by atoms with Gasteiger partial charge in [-0.25, -0.2) is 13.4 Å². The zero-order chi connectivity index (χ0) is 28.5. The summed E-state index contributed by atoms with van der Waals surface area (Å²) in [7, 11) is -1.33. The van der Waals surface area contributed by atoms with E-state index < -0.39 is 21.1 Å². The molecule has 0 bridgehead atoms. The van der Waals surface area contributed by atoms with Crippen molar-refractivity contribution in [1.82, 2.24) is 20.2 Å². The van der Waals surface area contributed by atoms with Gasteiger partial charge < -0.3 is 20.1 Å². The number of hydrogen-bond donors (Lipinski definition) is 3. The molecule has 0 aliphatic carbocycles. The first-order chi connectivity index (χ1) is 19.2. The molecule has 2 unspecified atom stereocenters. The normalized spacial score (nSPS) is 16.4. The number of methoxy groups -OCH3 is 1. The maximum absolute atomic E-state index is 11.9. The summed E-state index contributed by atoms with van der Waals surface area (Å²) in [6, 6.07) is 16.1. The van der Waals surface area contributed by atoms with Crippen molar-refractivity contribution < 1.29 is 18.3 Å². The Balaban J connectivity index is 1.38. The van der Waals surface area contributed by atoms with E-state index in [4.69, 9.17) is 4.74 Å². The van der Waals surface area contributed by atoms with Crippen LogP contribution in [0.3, 0.4) is 0 Å². The van der Waals surface area contributed by atoms with Crippen LogP contribution in [-0.4, -0.2) is 79.8 Å². The zero-order valence-corrected chi connectivity index (χ0v) is 23.7. The Kier molecular flexibility index (Phi) is 10.1. The van der Waals surface area contributed by atoms with Crippen molar-refractivity contribution in [3.63, 3.8) is 0 Å². The van der Waals surface area contributed by atoms with Crippen LogP contribution in [0.25, 0.3) is 0 Å². The number of benzene rings is 2. The highest BCUT2D eigenvalue weighted by Crippen LogP contribution is 2.24. The molecular weight excluding hydrogens is 528 g/mol. The monoisotopic (exact) mass is 564 g/mol. The third kappa shape index (κ3) is 8.76. The quantitative estimate of drug-likeness (QED) is 0.239. The van der Waals surface area contributed by atoms with Crippen molar-refractivity contribution in [2.75, 3.05) is 45.3 Å². The highest BCUT2D eigenvalue weighted by molar-refractivity contribution is 7.90. The number of ether oxygens (including phenoxy) is 1. The zero-order valence-electron chi connectivity index (χ0n) is 22.9. The summed E-state index contributed by atoms with van der Waals surface area (Å²) in [5, 5.41) is 13.4. The summed E-state index contributed by atoms with van der Waals surface area (Å²) in [6.45, 7) is 3.55. The molecule has 2 atom stereocenters. The first-order valence-electron chi connectivity index (χ1n) is 13.3. The van der Waals surface area contributed by atoms with Crippen LogP contribution >= 0.6 is 0 Å². The molecule has 3 aromatic rings. The lowest BCUT2D eigenvalue weighted by molar-refractivity contribution is 0.107. The Hall–Kier alpha value is -3.49. The van der Waals surface area contributed by atoms with E-state index in [1.807, 2.05) is 36.4 Å². The van der Waals surface area contributed by atoms with Gasteiger partial charge in [0, 0.05) is 63.1 Å². The fraction of sp³-hybridized carbons (Fsp3) is 0.400. The molecule has 2 aromatic carbocycles. The minimum atomic E-state index is -3.10. The van der Waals surface area contributed by atoms with Gasteiger partial charge in [0.15, 0.2) is 0 Å². The molecule has 0 spiro atoms. The number of aromatic hydroxyl groups is 1.